The fourth-order valence-electron chi connectivity index (χ4n) is 2.12. The molecule has 0 fully saturated rings. The minimum absolute atomic E-state index is 0.00943. The van der Waals surface area contributed by atoms with E-state index < -0.39 is 5.97 Å². The number of benzene rings is 2. The fraction of sp³-hybridized carbons (Fsp3) is 0.105. The Morgan fingerprint density at radius 2 is 1.62 bits per heavy atom. The van der Waals surface area contributed by atoms with Gasteiger partial charge < -0.3 is 15.3 Å². The highest BCUT2D eigenvalue weighted by Gasteiger charge is 2.20. The quantitative estimate of drug-likeness (QED) is 0.393. The molecular formula is C19H17N3O3S. The number of carbonyl (C=O) groups excluding carboxylic acids is 1. The van der Waals surface area contributed by atoms with Crippen LogP contribution in [0.4, 0.5) is 5.13 Å². The van der Waals surface area contributed by atoms with Crippen LogP contribution < -0.4 is 5.73 Å². The van der Waals surface area contributed by atoms with Gasteiger partial charge >= 0.3 is 5.97 Å². The molecule has 2 aromatic carbocycles. The summed E-state index contributed by atoms with van der Waals surface area (Å²) in [5, 5.41) is 5.93. The third kappa shape index (κ3) is 4.90. The van der Waals surface area contributed by atoms with E-state index >= 15 is 0 Å². The lowest BCUT2D eigenvalue weighted by Gasteiger charge is -2.06. The summed E-state index contributed by atoms with van der Waals surface area (Å²) in [7, 11) is 0. The van der Waals surface area contributed by atoms with Crippen molar-refractivity contribution >= 4 is 28.1 Å². The van der Waals surface area contributed by atoms with E-state index in [1.165, 1.54) is 11.3 Å². The van der Waals surface area contributed by atoms with Gasteiger partial charge in [0, 0.05) is 5.38 Å². The molecule has 0 amide bonds. The van der Waals surface area contributed by atoms with Crippen molar-refractivity contribution in [3.05, 3.63) is 82.9 Å². The fourth-order valence-corrected chi connectivity index (χ4v) is 2.67. The monoisotopic (exact) mass is 367 g/mol. The van der Waals surface area contributed by atoms with Gasteiger partial charge in [-0.25, -0.2) is 9.78 Å². The lowest BCUT2D eigenvalue weighted by atomic mass is 10.2. The van der Waals surface area contributed by atoms with Crippen LogP contribution in [0.15, 0.2) is 71.2 Å². The molecule has 1 aromatic heterocycles. The van der Waals surface area contributed by atoms with E-state index in [4.69, 9.17) is 15.3 Å². The number of ether oxygens (including phenoxy) is 1. The Kier molecular flexibility index (Phi) is 5.95. The highest BCUT2D eigenvalue weighted by Crippen LogP contribution is 2.14. The summed E-state index contributed by atoms with van der Waals surface area (Å²) in [6.45, 7) is 0.368. The minimum Gasteiger partial charge on any atom is -0.456 e. The van der Waals surface area contributed by atoms with Crippen molar-refractivity contribution in [2.75, 3.05) is 5.73 Å². The number of nitrogens with zero attached hydrogens (tertiary/aromatic N) is 2. The first-order chi connectivity index (χ1) is 12.7. The predicted molar refractivity (Wildman–Crippen MR) is 101 cm³/mol. The number of aromatic nitrogens is 1. The maximum Gasteiger partial charge on any atom is 0.363 e. The molecule has 0 saturated heterocycles. The lowest BCUT2D eigenvalue weighted by Crippen LogP contribution is -2.20. The second kappa shape index (κ2) is 8.77. The van der Waals surface area contributed by atoms with Gasteiger partial charge in [-0.2, -0.15) is 0 Å². The molecule has 3 rings (SSSR count). The van der Waals surface area contributed by atoms with Crippen LogP contribution in [0.25, 0.3) is 0 Å². The van der Waals surface area contributed by atoms with E-state index in [1.54, 1.807) is 5.38 Å². The number of rotatable bonds is 7. The van der Waals surface area contributed by atoms with Crippen LogP contribution in [-0.4, -0.2) is 16.7 Å². The largest absolute Gasteiger partial charge is 0.456 e. The standard InChI is InChI=1S/C19H17N3O3S/c20-19-21-16(13-26-19)17(22-25-12-15-9-5-2-6-10-15)18(23)24-11-14-7-3-1-4-8-14/h1-10,13H,11-12H2,(H2,20,21). The van der Waals surface area contributed by atoms with Gasteiger partial charge in [0.05, 0.1) is 0 Å². The molecule has 0 spiro atoms. The Balaban J connectivity index is 1.70. The zero-order valence-corrected chi connectivity index (χ0v) is 14.7. The van der Waals surface area contributed by atoms with Crippen molar-refractivity contribution in [2.24, 2.45) is 5.16 Å². The van der Waals surface area contributed by atoms with Crippen LogP contribution in [-0.2, 0) is 27.6 Å². The Morgan fingerprint density at radius 3 is 2.19 bits per heavy atom. The molecule has 0 saturated carbocycles. The number of oxime groups is 1. The summed E-state index contributed by atoms with van der Waals surface area (Å²) in [4.78, 5) is 21.9. The van der Waals surface area contributed by atoms with Gasteiger partial charge in [0.15, 0.2) is 5.13 Å². The summed E-state index contributed by atoms with van der Waals surface area (Å²) in [6.07, 6.45) is 0. The van der Waals surface area contributed by atoms with E-state index in [2.05, 4.69) is 10.1 Å². The molecular weight excluding hydrogens is 350 g/mol. The number of nitrogens with two attached hydrogens (primary N) is 1. The van der Waals surface area contributed by atoms with E-state index in [9.17, 15) is 4.79 Å². The van der Waals surface area contributed by atoms with Crippen molar-refractivity contribution < 1.29 is 14.4 Å². The minimum atomic E-state index is -0.618. The second-order valence-corrected chi connectivity index (χ2v) is 6.22. The zero-order chi connectivity index (χ0) is 18.2. The maximum absolute atomic E-state index is 12.5. The van der Waals surface area contributed by atoms with Gasteiger partial charge in [-0.1, -0.05) is 65.8 Å². The van der Waals surface area contributed by atoms with Gasteiger partial charge in [0.1, 0.15) is 18.9 Å². The van der Waals surface area contributed by atoms with E-state index in [0.29, 0.717) is 10.8 Å². The van der Waals surface area contributed by atoms with Gasteiger partial charge in [-0.05, 0) is 11.1 Å². The number of anilines is 1. The molecule has 26 heavy (non-hydrogen) atoms. The summed E-state index contributed by atoms with van der Waals surface area (Å²) >= 11 is 1.22. The van der Waals surface area contributed by atoms with E-state index in [0.717, 1.165) is 11.1 Å². The summed E-state index contributed by atoms with van der Waals surface area (Å²) in [5.41, 5.74) is 7.80. The van der Waals surface area contributed by atoms with Crippen LogP contribution in [0.1, 0.15) is 16.8 Å². The van der Waals surface area contributed by atoms with Gasteiger partial charge in [0.25, 0.3) is 0 Å². The lowest BCUT2D eigenvalue weighted by molar-refractivity contribution is -0.136. The Labute approximate surface area is 154 Å². The average Bonchev–Trinajstić information content (AvgIpc) is 3.11. The number of hydrogen-bond donors (Lipinski definition) is 1. The first kappa shape index (κ1) is 17.6. The van der Waals surface area contributed by atoms with Crippen molar-refractivity contribution in [3.63, 3.8) is 0 Å². The van der Waals surface area contributed by atoms with Crippen molar-refractivity contribution in [1.82, 2.24) is 4.98 Å². The maximum atomic E-state index is 12.5. The first-order valence-corrected chi connectivity index (χ1v) is 8.76. The van der Waals surface area contributed by atoms with Crippen molar-refractivity contribution in [2.45, 2.75) is 13.2 Å². The van der Waals surface area contributed by atoms with Crippen LogP contribution in [0, 0.1) is 0 Å². The summed E-state index contributed by atoms with van der Waals surface area (Å²) < 4.78 is 5.33. The highest BCUT2D eigenvalue weighted by molar-refractivity contribution is 7.13. The highest BCUT2D eigenvalue weighted by atomic mass is 32.1. The molecule has 2 N–H and O–H groups in total. The molecule has 1 heterocycles. The Bertz CT molecular complexity index is 879. The van der Waals surface area contributed by atoms with Gasteiger partial charge in [-0.3, -0.25) is 0 Å². The number of nitrogen functional groups attached to an aromatic ring is 1. The third-order valence-electron chi connectivity index (χ3n) is 3.40. The summed E-state index contributed by atoms with van der Waals surface area (Å²) in [6, 6.07) is 18.9. The van der Waals surface area contributed by atoms with Crippen molar-refractivity contribution in [1.29, 1.82) is 0 Å². The Morgan fingerprint density at radius 1 is 1.00 bits per heavy atom. The molecule has 0 radical (unpaired) electrons. The van der Waals surface area contributed by atoms with E-state index in [-0.39, 0.29) is 18.9 Å². The molecule has 0 bridgehead atoms. The molecule has 3 aromatic rings. The number of esters is 1. The second-order valence-electron chi connectivity index (χ2n) is 5.33. The number of thiazole rings is 1. The van der Waals surface area contributed by atoms with E-state index in [1.807, 2.05) is 60.7 Å². The molecule has 132 valence electrons. The average molecular weight is 367 g/mol. The van der Waals surface area contributed by atoms with Crippen LogP contribution in [0.5, 0.6) is 0 Å². The number of carbonyl (C=O) groups is 1. The zero-order valence-electron chi connectivity index (χ0n) is 13.9. The summed E-state index contributed by atoms with van der Waals surface area (Å²) in [5.74, 6) is -0.618. The van der Waals surface area contributed by atoms with Gasteiger partial charge in [0.2, 0.25) is 5.71 Å². The molecule has 0 aliphatic rings. The normalized spacial score (nSPS) is 11.2. The molecule has 0 atom stereocenters. The molecule has 7 heteroatoms. The Hall–Kier alpha value is -3.19. The van der Waals surface area contributed by atoms with Crippen LogP contribution >= 0.6 is 11.3 Å². The SMILES string of the molecule is Nc1nc(C(=NOCc2ccccc2)C(=O)OCc2ccccc2)cs1. The molecule has 6 nitrogen and oxygen atoms in total. The topological polar surface area (TPSA) is 86.8 Å². The molecule has 0 aliphatic carbocycles. The third-order valence-corrected chi connectivity index (χ3v) is 4.07. The van der Waals surface area contributed by atoms with Gasteiger partial charge in [-0.15, -0.1) is 11.3 Å². The molecule has 0 aliphatic heterocycles. The van der Waals surface area contributed by atoms with Crippen LogP contribution in [0.2, 0.25) is 0 Å². The number of hydrogen-bond acceptors (Lipinski definition) is 7. The smallest absolute Gasteiger partial charge is 0.363 e. The molecule has 0 unspecified atom stereocenters. The van der Waals surface area contributed by atoms with Crippen molar-refractivity contribution in [3.8, 4) is 0 Å². The first-order valence-electron chi connectivity index (χ1n) is 7.88. The predicted octanol–water partition coefficient (Wildman–Crippen LogP) is 3.39. The van der Waals surface area contributed by atoms with Crippen LogP contribution in [0.3, 0.4) is 0 Å².